The number of nitrogens with zero attached hydrogens (tertiary/aromatic N) is 2. The number of carbonyl (C=O) groups excluding carboxylic acids is 1. The van der Waals surface area contributed by atoms with Crippen LogP contribution in [-0.2, 0) is 10.0 Å². The standard InChI is InChI=1S/C19H24N2O4S/c1-14-5-7-17(8-6-14)26(23,24)21-10-4-9-20(11-12-21)19(22)18-13-15(2)25-16(18)3/h5-8,13H,4,9-12H2,1-3H3. The Hall–Kier alpha value is -2.12. The van der Waals surface area contributed by atoms with Crippen molar-refractivity contribution < 1.29 is 17.6 Å². The van der Waals surface area contributed by atoms with Crippen LogP contribution in [0.25, 0.3) is 0 Å². The predicted octanol–water partition coefficient (Wildman–Crippen LogP) is 2.74. The molecule has 0 unspecified atom stereocenters. The van der Waals surface area contributed by atoms with Crippen LogP contribution in [0.2, 0.25) is 0 Å². The highest BCUT2D eigenvalue weighted by molar-refractivity contribution is 7.89. The Morgan fingerprint density at radius 3 is 2.31 bits per heavy atom. The zero-order chi connectivity index (χ0) is 18.9. The normalized spacial score (nSPS) is 16.5. The summed E-state index contributed by atoms with van der Waals surface area (Å²) >= 11 is 0. The fourth-order valence-electron chi connectivity index (χ4n) is 3.21. The fraction of sp³-hybridized carbons (Fsp3) is 0.421. The molecule has 26 heavy (non-hydrogen) atoms. The van der Waals surface area contributed by atoms with Gasteiger partial charge in [-0.2, -0.15) is 4.31 Å². The topological polar surface area (TPSA) is 70.8 Å². The fourth-order valence-corrected chi connectivity index (χ4v) is 4.68. The summed E-state index contributed by atoms with van der Waals surface area (Å²) in [6.45, 7) is 7.09. The quantitative estimate of drug-likeness (QED) is 0.826. The highest BCUT2D eigenvalue weighted by atomic mass is 32.2. The minimum absolute atomic E-state index is 0.103. The maximum Gasteiger partial charge on any atom is 0.257 e. The maximum absolute atomic E-state index is 12.9. The third kappa shape index (κ3) is 3.68. The average molecular weight is 376 g/mol. The van der Waals surface area contributed by atoms with Gasteiger partial charge in [0, 0.05) is 26.2 Å². The van der Waals surface area contributed by atoms with E-state index >= 15 is 0 Å². The van der Waals surface area contributed by atoms with Gasteiger partial charge in [0.2, 0.25) is 10.0 Å². The second-order valence-electron chi connectivity index (χ2n) is 6.69. The molecule has 3 rings (SSSR count). The van der Waals surface area contributed by atoms with Crippen molar-refractivity contribution in [2.24, 2.45) is 0 Å². The van der Waals surface area contributed by atoms with E-state index in [1.54, 1.807) is 42.2 Å². The number of amides is 1. The first-order valence-electron chi connectivity index (χ1n) is 8.72. The van der Waals surface area contributed by atoms with Gasteiger partial charge in [-0.1, -0.05) is 17.7 Å². The molecule has 140 valence electrons. The molecule has 1 fully saturated rings. The van der Waals surface area contributed by atoms with Gasteiger partial charge in [0.05, 0.1) is 10.5 Å². The molecule has 1 aromatic heterocycles. The molecule has 2 aromatic rings. The largest absolute Gasteiger partial charge is 0.466 e. The minimum atomic E-state index is -3.54. The van der Waals surface area contributed by atoms with Crippen LogP contribution in [-0.4, -0.2) is 49.7 Å². The zero-order valence-electron chi connectivity index (χ0n) is 15.4. The van der Waals surface area contributed by atoms with Gasteiger partial charge >= 0.3 is 0 Å². The highest BCUT2D eigenvalue weighted by Crippen LogP contribution is 2.20. The maximum atomic E-state index is 12.9. The van der Waals surface area contributed by atoms with Crippen LogP contribution in [0.1, 0.15) is 33.9 Å². The van der Waals surface area contributed by atoms with E-state index in [2.05, 4.69) is 0 Å². The molecule has 1 aliphatic rings. The number of carbonyl (C=O) groups is 1. The molecule has 0 atom stereocenters. The molecule has 0 N–H and O–H groups in total. The van der Waals surface area contributed by atoms with Gasteiger partial charge in [-0.15, -0.1) is 0 Å². The van der Waals surface area contributed by atoms with Crippen molar-refractivity contribution in [3.63, 3.8) is 0 Å². The number of benzene rings is 1. The summed E-state index contributed by atoms with van der Waals surface area (Å²) in [7, 11) is -3.54. The summed E-state index contributed by atoms with van der Waals surface area (Å²) in [5, 5.41) is 0. The third-order valence-electron chi connectivity index (χ3n) is 4.67. The molecule has 0 bridgehead atoms. The summed E-state index contributed by atoms with van der Waals surface area (Å²) in [4.78, 5) is 14.8. The molecule has 0 spiro atoms. The first kappa shape index (κ1) is 18.7. The van der Waals surface area contributed by atoms with Gasteiger partial charge in [0.15, 0.2) is 0 Å². The van der Waals surface area contributed by atoms with Crippen molar-refractivity contribution in [2.45, 2.75) is 32.1 Å². The van der Waals surface area contributed by atoms with Crippen LogP contribution >= 0.6 is 0 Å². The van der Waals surface area contributed by atoms with Gasteiger partial charge in [0.1, 0.15) is 11.5 Å². The summed E-state index contributed by atoms with van der Waals surface area (Å²) in [6, 6.07) is 8.60. The van der Waals surface area contributed by atoms with Crippen molar-refractivity contribution >= 4 is 15.9 Å². The van der Waals surface area contributed by atoms with E-state index in [1.165, 1.54) is 4.31 Å². The SMILES string of the molecule is Cc1ccc(S(=O)(=O)N2CCCN(C(=O)c3cc(C)oc3C)CC2)cc1. The number of furan rings is 1. The lowest BCUT2D eigenvalue weighted by Gasteiger charge is -2.22. The van der Waals surface area contributed by atoms with Gasteiger partial charge < -0.3 is 9.32 Å². The van der Waals surface area contributed by atoms with Crippen LogP contribution in [0.5, 0.6) is 0 Å². The molecular weight excluding hydrogens is 352 g/mol. The van der Waals surface area contributed by atoms with Gasteiger partial charge in [-0.05, 0) is 45.4 Å². The Balaban J connectivity index is 1.74. The van der Waals surface area contributed by atoms with Crippen LogP contribution in [0, 0.1) is 20.8 Å². The lowest BCUT2D eigenvalue weighted by Crippen LogP contribution is -2.37. The van der Waals surface area contributed by atoms with E-state index in [9.17, 15) is 13.2 Å². The summed E-state index contributed by atoms with van der Waals surface area (Å²) in [5.74, 6) is 1.19. The Morgan fingerprint density at radius 2 is 1.69 bits per heavy atom. The molecule has 0 saturated carbocycles. The van der Waals surface area contributed by atoms with Gasteiger partial charge in [0.25, 0.3) is 5.91 Å². The van der Waals surface area contributed by atoms with Crippen LogP contribution in [0.3, 0.4) is 0 Å². The van der Waals surface area contributed by atoms with Crippen molar-refractivity contribution in [3.8, 4) is 0 Å². The number of sulfonamides is 1. The van der Waals surface area contributed by atoms with Crippen LogP contribution in [0.4, 0.5) is 0 Å². The monoisotopic (exact) mass is 376 g/mol. The van der Waals surface area contributed by atoms with Crippen molar-refractivity contribution in [1.29, 1.82) is 0 Å². The van der Waals surface area contributed by atoms with Crippen molar-refractivity contribution in [2.75, 3.05) is 26.2 Å². The van der Waals surface area contributed by atoms with E-state index < -0.39 is 10.0 Å². The van der Waals surface area contributed by atoms with E-state index in [0.717, 1.165) is 5.56 Å². The molecule has 1 aromatic carbocycles. The molecule has 1 saturated heterocycles. The third-order valence-corrected chi connectivity index (χ3v) is 6.59. The van der Waals surface area contributed by atoms with E-state index in [1.807, 2.05) is 13.8 Å². The van der Waals surface area contributed by atoms with Crippen LogP contribution < -0.4 is 0 Å². The van der Waals surface area contributed by atoms with Crippen molar-refractivity contribution in [1.82, 2.24) is 9.21 Å². The number of aryl methyl sites for hydroxylation is 3. The average Bonchev–Trinajstić information content (AvgIpc) is 2.80. The van der Waals surface area contributed by atoms with Crippen molar-refractivity contribution in [3.05, 3.63) is 53.0 Å². The Labute approximate surface area is 154 Å². The first-order valence-corrected chi connectivity index (χ1v) is 10.2. The lowest BCUT2D eigenvalue weighted by atomic mass is 10.2. The summed E-state index contributed by atoms with van der Waals surface area (Å²) < 4.78 is 32.6. The second kappa shape index (κ2) is 7.25. The number of hydrogen-bond donors (Lipinski definition) is 0. The van der Waals surface area contributed by atoms with E-state index in [4.69, 9.17) is 4.42 Å². The Morgan fingerprint density at radius 1 is 1.00 bits per heavy atom. The molecule has 7 heteroatoms. The summed E-state index contributed by atoms with van der Waals surface area (Å²) in [5.41, 5.74) is 1.57. The molecule has 1 aliphatic heterocycles. The van der Waals surface area contributed by atoms with Gasteiger partial charge in [-0.25, -0.2) is 8.42 Å². The summed E-state index contributed by atoms with van der Waals surface area (Å²) in [6.07, 6.45) is 0.604. The number of rotatable bonds is 3. The molecule has 1 amide bonds. The minimum Gasteiger partial charge on any atom is -0.466 e. The van der Waals surface area contributed by atoms with E-state index in [0.29, 0.717) is 48.0 Å². The van der Waals surface area contributed by atoms with Crippen LogP contribution in [0.15, 0.2) is 39.6 Å². The predicted molar refractivity (Wildman–Crippen MR) is 98.6 cm³/mol. The molecular formula is C19H24N2O4S. The molecule has 6 nitrogen and oxygen atoms in total. The number of hydrogen-bond acceptors (Lipinski definition) is 4. The van der Waals surface area contributed by atoms with E-state index in [-0.39, 0.29) is 12.5 Å². The molecule has 0 radical (unpaired) electrons. The zero-order valence-corrected chi connectivity index (χ0v) is 16.2. The first-order chi connectivity index (χ1) is 12.3. The smallest absolute Gasteiger partial charge is 0.257 e. The molecule has 2 heterocycles. The second-order valence-corrected chi connectivity index (χ2v) is 8.63. The van der Waals surface area contributed by atoms with Gasteiger partial charge in [-0.3, -0.25) is 4.79 Å². The lowest BCUT2D eigenvalue weighted by molar-refractivity contribution is 0.0762. The molecule has 0 aliphatic carbocycles. The Bertz CT molecular complexity index is 900. The Kier molecular flexibility index (Phi) is 5.20. The highest BCUT2D eigenvalue weighted by Gasteiger charge is 2.29.